The Kier molecular flexibility index (Phi) is 2.73. The van der Waals surface area contributed by atoms with Gasteiger partial charge in [0.25, 0.3) is 0 Å². The van der Waals surface area contributed by atoms with Crippen molar-refractivity contribution in [2.24, 2.45) is 11.7 Å². The highest BCUT2D eigenvalue weighted by Crippen LogP contribution is 2.27. The van der Waals surface area contributed by atoms with Crippen LogP contribution in [0.15, 0.2) is 18.2 Å². The van der Waals surface area contributed by atoms with Gasteiger partial charge in [-0.3, -0.25) is 4.79 Å². The molecule has 0 aliphatic heterocycles. The molecule has 1 aliphatic carbocycles. The third-order valence-corrected chi connectivity index (χ3v) is 2.98. The first-order valence-electron chi connectivity index (χ1n) is 5.21. The van der Waals surface area contributed by atoms with Gasteiger partial charge in [0.05, 0.1) is 6.42 Å². The zero-order valence-electron chi connectivity index (χ0n) is 8.57. The molecule has 0 aromatic heterocycles. The molecule has 3 N–H and O–H groups in total. The monoisotopic (exact) mass is 205 g/mol. The van der Waals surface area contributed by atoms with Crippen LogP contribution in [0.2, 0.25) is 0 Å². The van der Waals surface area contributed by atoms with Gasteiger partial charge in [0.1, 0.15) is 0 Å². The maximum atomic E-state index is 10.6. The summed E-state index contributed by atoms with van der Waals surface area (Å²) in [6, 6.07) is 5.97. The van der Waals surface area contributed by atoms with Crippen LogP contribution in [-0.4, -0.2) is 17.6 Å². The van der Waals surface area contributed by atoms with Gasteiger partial charge in [-0.15, -0.1) is 0 Å². The number of aliphatic carboxylic acids is 1. The molecule has 0 spiro atoms. The lowest BCUT2D eigenvalue weighted by atomic mass is 10.0. The Bertz CT molecular complexity index is 387. The molecule has 0 fully saturated rings. The average Bonchev–Trinajstić information content (AvgIpc) is 2.58. The summed E-state index contributed by atoms with van der Waals surface area (Å²) in [6.07, 6.45) is 2.15. The molecule has 2 rings (SSSR count). The van der Waals surface area contributed by atoms with Gasteiger partial charge in [-0.2, -0.15) is 0 Å². The number of nitrogens with two attached hydrogens (primary N) is 1. The van der Waals surface area contributed by atoms with Gasteiger partial charge in [-0.05, 0) is 42.0 Å². The van der Waals surface area contributed by atoms with E-state index in [2.05, 4.69) is 0 Å². The van der Waals surface area contributed by atoms with Crippen molar-refractivity contribution in [3.05, 3.63) is 34.9 Å². The zero-order valence-corrected chi connectivity index (χ0v) is 8.57. The van der Waals surface area contributed by atoms with E-state index in [1.165, 1.54) is 11.1 Å². The van der Waals surface area contributed by atoms with E-state index in [4.69, 9.17) is 10.8 Å². The van der Waals surface area contributed by atoms with Crippen molar-refractivity contribution in [3.8, 4) is 0 Å². The number of carbonyl (C=O) groups is 1. The van der Waals surface area contributed by atoms with E-state index < -0.39 is 5.97 Å². The molecular formula is C12H15NO2. The molecule has 1 aromatic rings. The molecule has 15 heavy (non-hydrogen) atoms. The highest BCUT2D eigenvalue weighted by Gasteiger charge is 2.20. The molecule has 0 bridgehead atoms. The number of hydrogen-bond donors (Lipinski definition) is 2. The third-order valence-electron chi connectivity index (χ3n) is 2.98. The highest BCUT2D eigenvalue weighted by molar-refractivity contribution is 5.70. The second-order valence-corrected chi connectivity index (χ2v) is 4.18. The van der Waals surface area contributed by atoms with Gasteiger partial charge in [0.15, 0.2) is 0 Å². The number of benzene rings is 1. The molecule has 1 aliphatic rings. The highest BCUT2D eigenvalue weighted by atomic mass is 16.4. The van der Waals surface area contributed by atoms with Crippen LogP contribution in [0, 0.1) is 5.92 Å². The molecule has 80 valence electrons. The van der Waals surface area contributed by atoms with Gasteiger partial charge in [-0.25, -0.2) is 0 Å². The molecule has 0 saturated carbocycles. The zero-order chi connectivity index (χ0) is 10.8. The maximum absolute atomic E-state index is 10.6. The average molecular weight is 205 g/mol. The summed E-state index contributed by atoms with van der Waals surface area (Å²) in [5.41, 5.74) is 9.14. The molecule has 0 saturated heterocycles. The van der Waals surface area contributed by atoms with Crippen LogP contribution >= 0.6 is 0 Å². The van der Waals surface area contributed by atoms with Crippen LogP contribution in [0.5, 0.6) is 0 Å². The summed E-state index contributed by atoms with van der Waals surface area (Å²) in [4.78, 5) is 10.6. The SMILES string of the molecule is NCC1Cc2ccc(CC(=O)O)cc2C1. The van der Waals surface area contributed by atoms with E-state index in [-0.39, 0.29) is 6.42 Å². The summed E-state index contributed by atoms with van der Waals surface area (Å²) in [7, 11) is 0. The fraction of sp³-hybridized carbons (Fsp3) is 0.417. The maximum Gasteiger partial charge on any atom is 0.307 e. The first-order valence-corrected chi connectivity index (χ1v) is 5.21. The number of fused-ring (bicyclic) bond motifs is 1. The fourth-order valence-corrected chi connectivity index (χ4v) is 2.21. The van der Waals surface area contributed by atoms with E-state index in [1.54, 1.807) is 0 Å². The molecule has 3 nitrogen and oxygen atoms in total. The summed E-state index contributed by atoms with van der Waals surface area (Å²) in [6.45, 7) is 0.711. The number of hydrogen-bond acceptors (Lipinski definition) is 2. The number of rotatable bonds is 3. The molecule has 1 atom stereocenters. The predicted molar refractivity (Wildman–Crippen MR) is 57.7 cm³/mol. The van der Waals surface area contributed by atoms with E-state index in [9.17, 15) is 4.79 Å². The Balaban J connectivity index is 2.18. The van der Waals surface area contributed by atoms with Crippen LogP contribution in [0.1, 0.15) is 16.7 Å². The molecule has 0 radical (unpaired) electrons. The lowest BCUT2D eigenvalue weighted by molar-refractivity contribution is -0.136. The first-order chi connectivity index (χ1) is 7.19. The van der Waals surface area contributed by atoms with Crippen molar-refractivity contribution in [2.45, 2.75) is 19.3 Å². The molecule has 0 heterocycles. The predicted octanol–water partition coefficient (Wildman–Crippen LogP) is 0.987. The largest absolute Gasteiger partial charge is 0.481 e. The van der Waals surface area contributed by atoms with Gasteiger partial charge in [0.2, 0.25) is 0 Å². The number of carboxylic acid groups (broad SMARTS) is 1. The van der Waals surface area contributed by atoms with Crippen molar-refractivity contribution in [3.63, 3.8) is 0 Å². The normalized spacial score (nSPS) is 18.9. The van der Waals surface area contributed by atoms with Crippen LogP contribution in [0.25, 0.3) is 0 Å². The summed E-state index contributed by atoms with van der Waals surface area (Å²) in [5, 5.41) is 8.69. The second-order valence-electron chi connectivity index (χ2n) is 4.18. The van der Waals surface area contributed by atoms with Gasteiger partial charge in [-0.1, -0.05) is 18.2 Å². The Hall–Kier alpha value is -1.35. The van der Waals surface area contributed by atoms with Crippen molar-refractivity contribution < 1.29 is 9.90 Å². The van der Waals surface area contributed by atoms with Crippen LogP contribution in [0.4, 0.5) is 0 Å². The Labute approximate surface area is 88.9 Å². The lowest BCUT2D eigenvalue weighted by Crippen LogP contribution is -2.13. The summed E-state index contributed by atoms with van der Waals surface area (Å²) in [5.74, 6) is -0.233. The van der Waals surface area contributed by atoms with Gasteiger partial charge >= 0.3 is 5.97 Å². The van der Waals surface area contributed by atoms with Crippen LogP contribution in [-0.2, 0) is 24.1 Å². The van der Waals surface area contributed by atoms with Crippen molar-refractivity contribution in [1.82, 2.24) is 0 Å². The van der Waals surface area contributed by atoms with Crippen LogP contribution in [0.3, 0.4) is 0 Å². The molecule has 1 unspecified atom stereocenters. The van der Waals surface area contributed by atoms with E-state index >= 15 is 0 Å². The standard InChI is InChI=1S/C12H15NO2/c13-7-9-4-10-2-1-8(6-12(14)15)3-11(10)5-9/h1-3,9H,4-7,13H2,(H,14,15). The minimum Gasteiger partial charge on any atom is -0.481 e. The molecule has 3 heteroatoms. The van der Waals surface area contributed by atoms with Crippen LogP contribution < -0.4 is 5.73 Å². The number of carboxylic acids is 1. The molecule has 1 aromatic carbocycles. The summed E-state index contributed by atoms with van der Waals surface area (Å²) < 4.78 is 0. The van der Waals surface area contributed by atoms with Crippen molar-refractivity contribution in [1.29, 1.82) is 0 Å². The van der Waals surface area contributed by atoms with Gasteiger partial charge in [0, 0.05) is 0 Å². The minimum absolute atomic E-state index is 0.112. The fourth-order valence-electron chi connectivity index (χ4n) is 2.21. The van der Waals surface area contributed by atoms with Gasteiger partial charge < -0.3 is 10.8 Å². The minimum atomic E-state index is -0.775. The second kappa shape index (κ2) is 4.03. The topological polar surface area (TPSA) is 63.3 Å². The molecule has 0 amide bonds. The Morgan fingerprint density at radius 3 is 2.80 bits per heavy atom. The van der Waals surface area contributed by atoms with E-state index in [1.807, 2.05) is 18.2 Å². The quantitative estimate of drug-likeness (QED) is 0.773. The molecular weight excluding hydrogens is 190 g/mol. The Morgan fingerprint density at radius 2 is 2.13 bits per heavy atom. The van der Waals surface area contributed by atoms with Crippen molar-refractivity contribution in [2.75, 3.05) is 6.54 Å². The smallest absolute Gasteiger partial charge is 0.307 e. The van der Waals surface area contributed by atoms with Crippen molar-refractivity contribution >= 4 is 5.97 Å². The first kappa shape index (κ1) is 10.2. The van der Waals surface area contributed by atoms with E-state index in [0.717, 1.165) is 18.4 Å². The Morgan fingerprint density at radius 1 is 1.40 bits per heavy atom. The third kappa shape index (κ3) is 2.18. The van der Waals surface area contributed by atoms with E-state index in [0.29, 0.717) is 12.5 Å². The lowest BCUT2D eigenvalue weighted by Gasteiger charge is -2.02. The summed E-state index contributed by atoms with van der Waals surface area (Å²) >= 11 is 0.